The van der Waals surface area contributed by atoms with Crippen LogP contribution in [-0.2, 0) is 20.9 Å². The molecule has 1 amide bonds. The van der Waals surface area contributed by atoms with Crippen molar-refractivity contribution in [1.29, 1.82) is 0 Å². The Morgan fingerprint density at radius 2 is 1.19 bits per heavy atom. The zero-order chi connectivity index (χ0) is 36.7. The molecule has 270 valence electrons. The second-order valence-electron chi connectivity index (χ2n) is 10.0. The van der Waals surface area contributed by atoms with Crippen LogP contribution in [0.5, 0.6) is 0 Å². The maximum Gasteiger partial charge on any atom is 0.460 e. The van der Waals surface area contributed by atoms with Crippen molar-refractivity contribution in [2.24, 2.45) is 0 Å². The molecule has 1 aliphatic heterocycles. The summed E-state index contributed by atoms with van der Waals surface area (Å²) in [6.45, 7) is -2.19. The summed E-state index contributed by atoms with van der Waals surface area (Å²) in [4.78, 5) is 24.4. The van der Waals surface area contributed by atoms with E-state index in [4.69, 9.17) is 9.47 Å². The van der Waals surface area contributed by atoms with Gasteiger partial charge in [0.2, 0.25) is 0 Å². The summed E-state index contributed by atoms with van der Waals surface area (Å²) in [6, 6.07) is 6.17. The minimum atomic E-state index is -8.71. The van der Waals surface area contributed by atoms with Crippen LogP contribution >= 0.6 is 0 Å². The summed E-state index contributed by atoms with van der Waals surface area (Å²) < 4.78 is 237. The maximum atomic E-state index is 14.1. The number of hydrogen-bond acceptors (Lipinski definition) is 4. The first-order valence-corrected chi connectivity index (χ1v) is 12.5. The number of carboxylic acid groups (broad SMARTS) is 1. The summed E-state index contributed by atoms with van der Waals surface area (Å²) in [5.41, 5.74) is 0.470. The molecule has 1 N–H and O–H groups in total. The Bertz CT molecular complexity index is 1260. The van der Waals surface area contributed by atoms with Crippen LogP contribution in [-0.4, -0.2) is 95.0 Å². The highest BCUT2D eigenvalue weighted by molar-refractivity contribution is 5.80. The van der Waals surface area contributed by atoms with Crippen molar-refractivity contribution < 1.29 is 98.8 Å². The normalized spacial score (nSPS) is 19.2. The fourth-order valence-corrected chi connectivity index (χ4v) is 4.05. The van der Waals surface area contributed by atoms with Gasteiger partial charge in [0, 0.05) is 19.4 Å². The number of rotatable bonds is 14. The quantitative estimate of drug-likeness (QED) is 0.158. The number of alkyl halides is 17. The molecule has 0 unspecified atom stereocenters. The Labute approximate surface area is 251 Å². The summed E-state index contributed by atoms with van der Waals surface area (Å²) >= 11 is 0. The molecule has 1 aromatic rings. The molecule has 1 aromatic carbocycles. The average Bonchev–Trinajstić information content (AvgIpc) is 3.38. The first kappa shape index (κ1) is 39.9. The third kappa shape index (κ3) is 6.99. The molecule has 0 spiro atoms. The zero-order valence-electron chi connectivity index (χ0n) is 22.7. The van der Waals surface area contributed by atoms with Crippen LogP contribution in [0.15, 0.2) is 30.3 Å². The van der Waals surface area contributed by atoms with Crippen LogP contribution < -0.4 is 0 Å². The van der Waals surface area contributed by atoms with Gasteiger partial charge in [-0.05, 0) is 12.0 Å². The fraction of sp³-hybridized carbons (Fsp3) is 0.667. The molecule has 1 heterocycles. The monoisotopic (exact) mass is 725 g/mol. The van der Waals surface area contributed by atoms with Crippen LogP contribution in [0.3, 0.4) is 0 Å². The molecular formula is C24H20F17NO5. The molecule has 0 aliphatic carbocycles. The third-order valence-corrected chi connectivity index (χ3v) is 6.76. The Morgan fingerprint density at radius 3 is 1.66 bits per heavy atom. The molecule has 1 fully saturated rings. The van der Waals surface area contributed by atoms with Gasteiger partial charge < -0.3 is 14.6 Å². The van der Waals surface area contributed by atoms with E-state index in [2.05, 4.69) is 0 Å². The van der Waals surface area contributed by atoms with Gasteiger partial charge in [0.1, 0.15) is 12.6 Å². The molecule has 0 bridgehead atoms. The Hall–Kier alpha value is -3.27. The topological polar surface area (TPSA) is 76.1 Å². The molecule has 0 saturated carbocycles. The summed E-state index contributed by atoms with van der Waals surface area (Å²) in [7, 11) is 0. The van der Waals surface area contributed by atoms with Crippen molar-refractivity contribution in [3.8, 4) is 0 Å². The predicted molar refractivity (Wildman–Crippen MR) is 119 cm³/mol. The number of likely N-dealkylation sites (tertiary alicyclic amines) is 1. The summed E-state index contributed by atoms with van der Waals surface area (Å²) in [6.07, 6.45) is -15.3. The molecule has 6 nitrogen and oxygen atoms in total. The fourth-order valence-electron chi connectivity index (χ4n) is 4.05. The van der Waals surface area contributed by atoms with E-state index in [-0.39, 0.29) is 6.61 Å². The maximum absolute atomic E-state index is 14.1. The first-order chi connectivity index (χ1) is 21.0. The molecule has 1 saturated heterocycles. The van der Waals surface area contributed by atoms with Crippen LogP contribution in [0.25, 0.3) is 0 Å². The van der Waals surface area contributed by atoms with Crippen LogP contribution in [0, 0.1) is 0 Å². The van der Waals surface area contributed by atoms with Crippen LogP contribution in [0.4, 0.5) is 79.4 Å². The largest absolute Gasteiger partial charge is 0.480 e. The second kappa shape index (κ2) is 13.0. The molecular weight excluding hydrogens is 705 g/mol. The lowest BCUT2D eigenvalue weighted by molar-refractivity contribution is -0.461. The Morgan fingerprint density at radius 1 is 0.723 bits per heavy atom. The predicted octanol–water partition coefficient (Wildman–Crippen LogP) is 7.66. The number of carbonyl (C=O) groups excluding carboxylic acids is 1. The number of carboxylic acids is 1. The number of halogens is 17. The SMILES string of the molecule is O=C(O)[C@@H]1C[C@@H](OCCCC(F)(F)C(F)(F)C(F)(F)C(F)(F)C(F)(F)C(F)(F)C(F)(F)C(F)(F)F)CN1C(=O)OCc1ccccc1. The van der Waals surface area contributed by atoms with Gasteiger partial charge in [0.05, 0.1) is 12.6 Å². The van der Waals surface area contributed by atoms with E-state index in [1.807, 2.05) is 0 Å². The van der Waals surface area contributed by atoms with E-state index in [0.717, 1.165) is 0 Å². The Kier molecular flexibility index (Phi) is 11.0. The minimum Gasteiger partial charge on any atom is -0.480 e. The smallest absolute Gasteiger partial charge is 0.460 e. The van der Waals surface area contributed by atoms with Crippen molar-refractivity contribution in [1.82, 2.24) is 4.90 Å². The zero-order valence-corrected chi connectivity index (χ0v) is 22.7. The molecule has 1 aliphatic rings. The number of aliphatic carboxylic acids is 1. The van der Waals surface area contributed by atoms with E-state index in [9.17, 15) is 89.3 Å². The summed E-state index contributed by atoms with van der Waals surface area (Å²) in [5, 5.41) is 9.32. The highest BCUT2D eigenvalue weighted by atomic mass is 19.4. The number of ether oxygens (including phenoxy) is 2. The van der Waals surface area contributed by atoms with Gasteiger partial charge in [-0.25, -0.2) is 9.59 Å². The van der Waals surface area contributed by atoms with Crippen molar-refractivity contribution in [2.75, 3.05) is 13.2 Å². The Balaban J connectivity index is 2.12. The van der Waals surface area contributed by atoms with Crippen molar-refractivity contribution in [3.63, 3.8) is 0 Å². The van der Waals surface area contributed by atoms with Crippen molar-refractivity contribution >= 4 is 12.1 Å². The van der Waals surface area contributed by atoms with E-state index >= 15 is 0 Å². The number of benzene rings is 1. The molecule has 47 heavy (non-hydrogen) atoms. The lowest BCUT2D eigenvalue weighted by Crippen LogP contribution is -2.74. The molecule has 2 atom stereocenters. The van der Waals surface area contributed by atoms with E-state index in [1.165, 1.54) is 12.1 Å². The van der Waals surface area contributed by atoms with Gasteiger partial charge in [0.15, 0.2) is 0 Å². The molecule has 2 rings (SSSR count). The number of amides is 1. The lowest BCUT2D eigenvalue weighted by atomic mass is 9.88. The van der Waals surface area contributed by atoms with E-state index in [0.29, 0.717) is 10.5 Å². The molecule has 23 heteroatoms. The number of nitrogens with zero attached hydrogens (tertiary/aromatic N) is 1. The average molecular weight is 725 g/mol. The third-order valence-electron chi connectivity index (χ3n) is 6.76. The highest BCUT2D eigenvalue weighted by Crippen LogP contribution is 2.64. The lowest BCUT2D eigenvalue weighted by Gasteiger charge is -2.42. The van der Waals surface area contributed by atoms with Gasteiger partial charge in [-0.15, -0.1) is 0 Å². The van der Waals surface area contributed by atoms with Crippen LogP contribution in [0.1, 0.15) is 24.8 Å². The number of carbonyl (C=O) groups is 2. The van der Waals surface area contributed by atoms with Gasteiger partial charge >= 0.3 is 59.7 Å². The van der Waals surface area contributed by atoms with Crippen molar-refractivity contribution in [3.05, 3.63) is 35.9 Å². The van der Waals surface area contributed by atoms with Crippen LogP contribution in [0.2, 0.25) is 0 Å². The van der Waals surface area contributed by atoms with E-state index in [1.54, 1.807) is 18.2 Å². The van der Waals surface area contributed by atoms with Gasteiger partial charge in [0.25, 0.3) is 0 Å². The highest BCUT2D eigenvalue weighted by Gasteiger charge is 2.95. The molecule has 0 aromatic heterocycles. The van der Waals surface area contributed by atoms with Gasteiger partial charge in [-0.1, -0.05) is 30.3 Å². The second-order valence-corrected chi connectivity index (χ2v) is 10.0. The van der Waals surface area contributed by atoms with Gasteiger partial charge in [-0.2, -0.15) is 74.6 Å². The number of hydrogen-bond donors (Lipinski definition) is 1. The summed E-state index contributed by atoms with van der Waals surface area (Å²) in [5.74, 6) is -58.5. The van der Waals surface area contributed by atoms with Gasteiger partial charge in [-0.3, -0.25) is 4.90 Å². The molecule has 0 radical (unpaired) electrons. The van der Waals surface area contributed by atoms with Crippen molar-refractivity contribution in [2.45, 2.75) is 85.6 Å². The first-order valence-electron chi connectivity index (χ1n) is 12.5. The minimum absolute atomic E-state index is 0.338. The standard InChI is InChI=1S/C24H20F17NO5/c25-17(26,18(27,28)19(29,30)20(31,32)21(33,34)22(35,36)23(37,38)24(39,40)41)7-4-8-46-13-9-14(15(43)44)42(10-13)16(45)47-11-12-5-2-1-3-6-12/h1-3,5-6,13-14H,4,7-11H2,(H,43,44)/t13-,14+/m1/s1. The van der Waals surface area contributed by atoms with E-state index < -0.39 is 104 Å².